The Kier molecular flexibility index (Phi) is 6.51. The van der Waals surface area contributed by atoms with E-state index in [-0.39, 0.29) is 28.7 Å². The van der Waals surface area contributed by atoms with Gasteiger partial charge in [0.15, 0.2) is 11.5 Å². The third-order valence-corrected chi connectivity index (χ3v) is 5.82. The molecule has 0 bridgehead atoms. The van der Waals surface area contributed by atoms with Crippen molar-refractivity contribution in [2.45, 2.75) is 31.2 Å². The highest BCUT2D eigenvalue weighted by Crippen LogP contribution is 2.51. The number of nitrogens with two attached hydrogens (primary N) is 1. The number of alkyl halides is 2. The van der Waals surface area contributed by atoms with E-state index in [1.807, 2.05) is 0 Å². The van der Waals surface area contributed by atoms with Crippen LogP contribution in [0.25, 0.3) is 0 Å². The van der Waals surface area contributed by atoms with Crippen LogP contribution >= 0.6 is 11.6 Å². The van der Waals surface area contributed by atoms with E-state index in [4.69, 9.17) is 22.2 Å². The zero-order valence-electron chi connectivity index (χ0n) is 15.8. The fraction of sp³-hybridized carbons (Fsp3) is 0.389. The minimum atomic E-state index is -2.89. The summed E-state index contributed by atoms with van der Waals surface area (Å²) in [6, 6.07) is 5.08. The van der Waals surface area contributed by atoms with Gasteiger partial charge in [-0.25, -0.2) is 18.0 Å². The average molecular weight is 463 g/mol. The van der Waals surface area contributed by atoms with E-state index < -0.39 is 45.8 Å². The molecule has 3 rings (SSSR count). The molecule has 0 saturated heterocycles. The molecule has 1 saturated carbocycles. The quantitative estimate of drug-likeness (QED) is 0.281. The Bertz CT molecular complexity index is 1000. The van der Waals surface area contributed by atoms with Crippen LogP contribution in [0.1, 0.15) is 41.0 Å². The van der Waals surface area contributed by atoms with Crippen molar-refractivity contribution in [2.75, 3.05) is 12.0 Å². The largest absolute Gasteiger partial charge is 0.385 e. The van der Waals surface area contributed by atoms with Crippen molar-refractivity contribution in [1.29, 1.82) is 0 Å². The zero-order valence-corrected chi connectivity index (χ0v) is 17.4. The number of hydrogen-bond donors (Lipinski definition) is 1. The smallest absolute Gasteiger partial charge is 0.384 e. The van der Waals surface area contributed by atoms with E-state index >= 15 is 0 Å². The number of oxime groups is 1. The second-order valence-corrected chi connectivity index (χ2v) is 8.75. The van der Waals surface area contributed by atoms with E-state index in [1.54, 1.807) is 0 Å². The summed E-state index contributed by atoms with van der Waals surface area (Å²) < 4.78 is 52.7. The van der Waals surface area contributed by atoms with Gasteiger partial charge in [0.1, 0.15) is 11.5 Å². The molecule has 2 aromatic rings. The monoisotopic (exact) mass is 462 g/mol. The number of carbonyl (C=O) groups excluding carboxylic acids is 1. The topological polar surface area (TPSA) is 99.6 Å². The number of nitrogens with zero attached hydrogens (tertiary/aromatic N) is 3. The summed E-state index contributed by atoms with van der Waals surface area (Å²) >= 11 is 6.09. The lowest BCUT2D eigenvalue weighted by atomic mass is 9.94. The summed E-state index contributed by atoms with van der Waals surface area (Å²) in [4.78, 5) is 17.0. The second-order valence-electron chi connectivity index (χ2n) is 6.79. The van der Waals surface area contributed by atoms with Gasteiger partial charge in [-0.15, -0.1) is 0 Å². The van der Waals surface area contributed by atoms with Crippen LogP contribution in [0.5, 0.6) is 0 Å². The highest BCUT2D eigenvalue weighted by atomic mass is 35.5. The Labute approximate surface area is 177 Å². The lowest BCUT2D eigenvalue weighted by molar-refractivity contribution is 0.0506. The zero-order chi connectivity index (χ0) is 22.1. The molecule has 1 aromatic heterocycles. The summed E-state index contributed by atoms with van der Waals surface area (Å²) in [5, 5.41) is 7.54. The molecule has 7 nitrogen and oxygen atoms in total. The van der Waals surface area contributed by atoms with Gasteiger partial charge in [-0.3, -0.25) is 8.89 Å². The predicted octanol–water partition coefficient (Wildman–Crippen LogP) is 3.15. The van der Waals surface area contributed by atoms with Crippen LogP contribution in [0, 0.1) is 5.82 Å². The second kappa shape index (κ2) is 8.76. The van der Waals surface area contributed by atoms with Gasteiger partial charge >= 0.3 is 5.97 Å². The number of halogens is 4. The lowest BCUT2D eigenvalue weighted by Crippen LogP contribution is -2.30. The van der Waals surface area contributed by atoms with Crippen molar-refractivity contribution >= 4 is 34.2 Å². The molecule has 12 heteroatoms. The van der Waals surface area contributed by atoms with Gasteiger partial charge in [-0.1, -0.05) is 22.8 Å². The van der Waals surface area contributed by atoms with Crippen molar-refractivity contribution in [2.24, 2.45) is 10.9 Å². The van der Waals surface area contributed by atoms with Gasteiger partial charge in [0, 0.05) is 39.5 Å². The highest BCUT2D eigenvalue weighted by Gasteiger charge is 2.51. The van der Waals surface area contributed by atoms with Crippen LogP contribution in [0.4, 0.5) is 13.2 Å². The Morgan fingerprint density at radius 2 is 2.17 bits per heavy atom. The SMILES string of the molecule is CS(=O)CCn1nc(C(=O)O/N=C(\N)C2(c3c(F)cccc3Cl)CC2)cc1C(F)F. The first-order valence-corrected chi connectivity index (χ1v) is 10.9. The molecule has 1 heterocycles. The van der Waals surface area contributed by atoms with E-state index in [9.17, 15) is 22.2 Å². The predicted molar refractivity (Wildman–Crippen MR) is 105 cm³/mol. The molecule has 0 aliphatic heterocycles. The van der Waals surface area contributed by atoms with Crippen LogP contribution in [0.2, 0.25) is 5.02 Å². The Morgan fingerprint density at radius 1 is 1.47 bits per heavy atom. The fourth-order valence-electron chi connectivity index (χ4n) is 3.04. The molecule has 1 fully saturated rings. The van der Waals surface area contributed by atoms with Crippen molar-refractivity contribution in [3.8, 4) is 0 Å². The van der Waals surface area contributed by atoms with Gasteiger partial charge in [0.25, 0.3) is 6.43 Å². The van der Waals surface area contributed by atoms with Crippen LogP contribution in [0.3, 0.4) is 0 Å². The van der Waals surface area contributed by atoms with Gasteiger partial charge in [-0.05, 0) is 25.0 Å². The van der Waals surface area contributed by atoms with Gasteiger partial charge in [0.05, 0.1) is 12.0 Å². The van der Waals surface area contributed by atoms with Gasteiger partial charge in [0.2, 0.25) is 0 Å². The van der Waals surface area contributed by atoms with Crippen molar-refractivity contribution < 1.29 is 27.0 Å². The molecule has 30 heavy (non-hydrogen) atoms. The summed E-state index contributed by atoms with van der Waals surface area (Å²) in [5.41, 5.74) is 4.21. The fourth-order valence-corrected chi connectivity index (χ4v) is 3.81. The summed E-state index contributed by atoms with van der Waals surface area (Å²) in [5.74, 6) is -1.73. The molecule has 0 radical (unpaired) electrons. The van der Waals surface area contributed by atoms with Gasteiger partial charge in [-0.2, -0.15) is 5.10 Å². The Balaban J connectivity index is 1.79. The first-order chi connectivity index (χ1) is 14.2. The maximum Gasteiger partial charge on any atom is 0.385 e. The maximum absolute atomic E-state index is 14.3. The number of aromatic nitrogens is 2. The van der Waals surface area contributed by atoms with Crippen molar-refractivity contribution in [3.05, 3.63) is 52.1 Å². The molecule has 0 spiro atoms. The molecule has 1 aliphatic rings. The minimum absolute atomic E-state index is 0.0592. The molecule has 1 aliphatic carbocycles. The molecule has 1 aromatic carbocycles. The standard InChI is InChI=1S/C18H18ClF3N4O3S/c1-30(28)8-7-26-13(15(21)22)9-12(24-26)16(27)29-25-17(23)18(5-6-18)14-10(19)3-2-4-11(14)20/h2-4,9,15H,5-8H2,1H3,(H2,23,25). The normalized spacial score (nSPS) is 16.5. The molecule has 162 valence electrons. The third-order valence-electron chi connectivity index (χ3n) is 4.74. The van der Waals surface area contributed by atoms with Crippen LogP contribution < -0.4 is 5.73 Å². The molecule has 2 N–H and O–H groups in total. The summed E-state index contributed by atoms with van der Waals surface area (Å²) in [6.45, 7) is -0.0592. The average Bonchev–Trinajstić information content (AvgIpc) is 3.35. The van der Waals surface area contributed by atoms with E-state index in [0.717, 1.165) is 10.7 Å². The van der Waals surface area contributed by atoms with Crippen LogP contribution in [-0.4, -0.2) is 37.8 Å². The first-order valence-electron chi connectivity index (χ1n) is 8.81. The maximum atomic E-state index is 14.3. The number of hydrogen-bond acceptors (Lipinski definition) is 5. The van der Waals surface area contributed by atoms with Crippen LogP contribution in [0.15, 0.2) is 29.4 Å². The number of amidine groups is 1. The number of carbonyl (C=O) groups is 1. The minimum Gasteiger partial charge on any atom is -0.384 e. The van der Waals surface area contributed by atoms with Crippen LogP contribution in [-0.2, 0) is 27.6 Å². The lowest BCUT2D eigenvalue weighted by Gasteiger charge is -2.16. The molecular formula is C18H18ClF3N4O3S. The van der Waals surface area contributed by atoms with Crippen molar-refractivity contribution in [1.82, 2.24) is 9.78 Å². The summed E-state index contributed by atoms with van der Waals surface area (Å²) in [6.07, 6.45) is -0.554. The Morgan fingerprint density at radius 3 is 2.73 bits per heavy atom. The molecule has 1 atom stereocenters. The van der Waals surface area contributed by atoms with Crippen molar-refractivity contribution in [3.63, 3.8) is 0 Å². The Hall–Kier alpha value is -2.40. The van der Waals surface area contributed by atoms with E-state index in [2.05, 4.69) is 10.3 Å². The number of rotatable bonds is 8. The summed E-state index contributed by atoms with van der Waals surface area (Å²) in [7, 11) is -1.23. The molecular weight excluding hydrogens is 445 g/mol. The first kappa shape index (κ1) is 22.3. The van der Waals surface area contributed by atoms with E-state index in [0.29, 0.717) is 12.8 Å². The highest BCUT2D eigenvalue weighted by molar-refractivity contribution is 7.84. The molecule has 0 amide bonds. The molecule has 1 unspecified atom stereocenters. The third kappa shape index (κ3) is 4.51. The van der Waals surface area contributed by atoms with E-state index in [1.165, 1.54) is 24.5 Å². The number of benzene rings is 1. The van der Waals surface area contributed by atoms with Gasteiger partial charge < -0.3 is 10.6 Å². The number of aryl methyl sites for hydroxylation is 1.